The van der Waals surface area contributed by atoms with Crippen molar-refractivity contribution in [2.45, 2.75) is 76.1 Å². The van der Waals surface area contributed by atoms with Crippen LogP contribution in [0.3, 0.4) is 0 Å². The molecule has 1 amide bonds. The number of nitrogens with zero attached hydrogens (tertiary/aromatic N) is 4. The SMILES string of the molecule is CC(C)(C)OC(=O)NCCOCCN1CCC2(CC1)C/C(=N\O)c1cc(NS(C)(=O)=O)ccc1O2.CS(=O)(=O)Nc1ccc2c(c1)/C(=N/O)CC1(CCN(CCOCCN)CC1)O2.Cl.Cl. The standard InChI is InChI=1S/C23H36N4O7S.C18H28N4O5S.2ClH/c1-22(2,3)34-21(28)24-9-13-32-14-12-27-10-7-23(8-11-27)16-19(25-29)18-15-17(26-35(4,30)31)5-6-20(18)33-23;1-28(24,25)21-14-2-3-17-15(12-14)16(20-23)13-18(27-17)4-7-22(8-5-18)9-11-26-10-6-19;;/h5-6,15,26,29H,7-14,16H2,1-4H3,(H,24,28);2-3,12,21,23H,4-11,13,19H2,1H3;2*1H/b25-19+;20-16+;;. The smallest absolute Gasteiger partial charge is 0.407 e. The maximum absolute atomic E-state index is 11.6. The Morgan fingerprint density at radius 2 is 1.15 bits per heavy atom. The van der Waals surface area contributed by atoms with Gasteiger partial charge in [-0.2, -0.15) is 0 Å². The van der Waals surface area contributed by atoms with Gasteiger partial charge in [0.25, 0.3) is 0 Å². The normalized spacial score (nSPS) is 19.2. The van der Waals surface area contributed by atoms with Crippen molar-refractivity contribution in [1.29, 1.82) is 0 Å². The molecule has 0 atom stereocenters. The third kappa shape index (κ3) is 17.4. The highest BCUT2D eigenvalue weighted by Gasteiger charge is 2.44. The highest BCUT2D eigenvalue weighted by molar-refractivity contribution is 7.92. The minimum Gasteiger partial charge on any atom is -0.486 e. The molecule has 4 aliphatic rings. The summed E-state index contributed by atoms with van der Waals surface area (Å²) in [6.45, 7) is 13.5. The molecule has 7 N–H and O–H groups in total. The molecule has 2 fully saturated rings. The largest absolute Gasteiger partial charge is 0.486 e. The van der Waals surface area contributed by atoms with Crippen molar-refractivity contribution in [3.8, 4) is 11.5 Å². The van der Waals surface area contributed by atoms with Gasteiger partial charge in [-0.1, -0.05) is 10.3 Å². The number of ether oxygens (including phenoxy) is 5. The van der Waals surface area contributed by atoms with E-state index in [0.717, 1.165) is 77.5 Å². The zero-order valence-corrected chi connectivity index (χ0v) is 40.9. The molecule has 368 valence electrons. The molecule has 6 rings (SSSR count). The van der Waals surface area contributed by atoms with Crippen LogP contribution in [0, 0.1) is 0 Å². The van der Waals surface area contributed by atoms with Crippen molar-refractivity contribution >= 4 is 73.8 Å². The number of oxime groups is 2. The van der Waals surface area contributed by atoms with Crippen molar-refractivity contribution < 1.29 is 55.7 Å². The number of nitrogens with two attached hydrogens (primary N) is 1. The summed E-state index contributed by atoms with van der Waals surface area (Å²) in [6, 6.07) is 9.99. The number of carbonyl (C=O) groups is 1. The average Bonchev–Trinajstić information content (AvgIpc) is 3.20. The number of anilines is 2. The summed E-state index contributed by atoms with van der Waals surface area (Å²) in [5, 5.41) is 28.8. The van der Waals surface area contributed by atoms with Gasteiger partial charge in [-0.25, -0.2) is 21.6 Å². The number of nitrogens with one attached hydrogen (secondary N) is 3. The van der Waals surface area contributed by atoms with Crippen molar-refractivity contribution in [1.82, 2.24) is 15.1 Å². The highest BCUT2D eigenvalue weighted by Crippen LogP contribution is 2.42. The van der Waals surface area contributed by atoms with E-state index in [0.29, 0.717) is 97.8 Å². The summed E-state index contributed by atoms with van der Waals surface area (Å²) in [7, 11) is -6.81. The predicted molar refractivity (Wildman–Crippen MR) is 253 cm³/mol. The Morgan fingerprint density at radius 1 is 0.738 bits per heavy atom. The summed E-state index contributed by atoms with van der Waals surface area (Å²) in [6.07, 6.45) is 5.79. The molecule has 4 aliphatic heterocycles. The molecule has 65 heavy (non-hydrogen) atoms. The molecule has 0 aliphatic carbocycles. The Hall–Kier alpha value is -3.87. The minimum atomic E-state index is -3.42. The van der Waals surface area contributed by atoms with Crippen molar-refractivity contribution in [3.05, 3.63) is 47.5 Å². The fourth-order valence-corrected chi connectivity index (χ4v) is 9.01. The molecule has 2 saturated heterocycles. The molecule has 0 unspecified atom stereocenters. The van der Waals surface area contributed by atoms with E-state index >= 15 is 0 Å². The van der Waals surface area contributed by atoms with Crippen LogP contribution in [0.25, 0.3) is 0 Å². The van der Waals surface area contributed by atoms with Crippen LogP contribution in [0.1, 0.15) is 70.4 Å². The summed E-state index contributed by atoms with van der Waals surface area (Å²) < 4.78 is 79.8. The van der Waals surface area contributed by atoms with Crippen LogP contribution in [-0.4, -0.2) is 163 Å². The zero-order valence-electron chi connectivity index (χ0n) is 37.7. The lowest BCUT2D eigenvalue weighted by Gasteiger charge is -2.44. The van der Waals surface area contributed by atoms with E-state index in [1.165, 1.54) is 0 Å². The Balaban J connectivity index is 0.000000342. The molecule has 2 aromatic rings. The number of fused-ring (bicyclic) bond motifs is 2. The Labute approximate surface area is 394 Å². The summed E-state index contributed by atoms with van der Waals surface area (Å²) >= 11 is 0. The molecule has 0 bridgehead atoms. The van der Waals surface area contributed by atoms with Crippen LogP contribution in [-0.2, 0) is 34.3 Å². The number of carbonyl (C=O) groups excluding carboxylic acids is 1. The molecule has 2 spiro atoms. The number of benzene rings is 2. The highest BCUT2D eigenvalue weighted by atomic mass is 35.5. The molecule has 2 aromatic carbocycles. The van der Waals surface area contributed by atoms with Crippen molar-refractivity contribution in [2.75, 3.05) is 101 Å². The molecule has 4 heterocycles. The van der Waals surface area contributed by atoms with Crippen molar-refractivity contribution in [3.63, 3.8) is 0 Å². The molecule has 0 radical (unpaired) electrons. The summed E-state index contributed by atoms with van der Waals surface area (Å²) in [4.78, 5) is 16.2. The zero-order chi connectivity index (χ0) is 45.9. The van der Waals surface area contributed by atoms with Crippen LogP contribution in [0.4, 0.5) is 16.2 Å². The molecule has 20 nitrogen and oxygen atoms in total. The third-order valence-corrected chi connectivity index (χ3v) is 12.1. The lowest BCUT2D eigenvalue weighted by Crippen LogP contribution is -2.51. The first-order chi connectivity index (χ1) is 29.7. The monoisotopic (exact) mass is 996 g/mol. The van der Waals surface area contributed by atoms with E-state index in [1.54, 1.807) is 36.4 Å². The topological polar surface area (TPSA) is 265 Å². The number of alkyl carbamates (subject to hydrolysis) is 1. The Bertz CT molecular complexity index is 2160. The van der Waals surface area contributed by atoms with E-state index in [2.05, 4.69) is 34.9 Å². The van der Waals surface area contributed by atoms with E-state index in [9.17, 15) is 32.0 Å². The quantitative estimate of drug-likeness (QED) is 0.0835. The predicted octanol–water partition coefficient (Wildman–Crippen LogP) is 4.07. The van der Waals surface area contributed by atoms with E-state index in [1.807, 2.05) is 20.8 Å². The second-order valence-electron chi connectivity index (χ2n) is 17.3. The van der Waals surface area contributed by atoms with Gasteiger partial charge in [-0.05, 0) is 57.2 Å². The first-order valence-corrected chi connectivity index (χ1v) is 24.8. The number of sulfonamides is 2. The van der Waals surface area contributed by atoms with E-state index in [-0.39, 0.29) is 24.8 Å². The second kappa shape index (κ2) is 24.2. The molecule has 24 heteroatoms. The van der Waals surface area contributed by atoms with Gasteiger partial charge in [0.1, 0.15) is 28.3 Å². The molecular formula is C41H66Cl2N8O12S2. The lowest BCUT2D eigenvalue weighted by molar-refractivity contribution is -0.00523. The number of halogens is 2. The average molecular weight is 998 g/mol. The first kappa shape index (κ1) is 55.5. The number of hydrogen-bond acceptors (Lipinski definition) is 17. The maximum atomic E-state index is 11.6. The van der Waals surface area contributed by atoms with Gasteiger partial charge in [-0.3, -0.25) is 9.44 Å². The van der Waals surface area contributed by atoms with Gasteiger partial charge in [0.2, 0.25) is 20.0 Å². The van der Waals surface area contributed by atoms with Gasteiger partial charge in [0.15, 0.2) is 0 Å². The van der Waals surface area contributed by atoms with Crippen LogP contribution in [0.2, 0.25) is 0 Å². The van der Waals surface area contributed by atoms with Gasteiger partial charge < -0.3 is 54.9 Å². The number of likely N-dealkylation sites (tertiary alicyclic amines) is 2. The second-order valence-corrected chi connectivity index (χ2v) is 20.8. The van der Waals surface area contributed by atoms with Gasteiger partial charge >= 0.3 is 6.09 Å². The van der Waals surface area contributed by atoms with Crippen LogP contribution in [0.5, 0.6) is 11.5 Å². The van der Waals surface area contributed by atoms with Crippen LogP contribution < -0.4 is 30.0 Å². The summed E-state index contributed by atoms with van der Waals surface area (Å²) in [5.74, 6) is 1.19. The van der Waals surface area contributed by atoms with Gasteiger partial charge in [-0.15, -0.1) is 24.8 Å². The molecule has 0 aromatic heterocycles. The fourth-order valence-electron chi connectivity index (χ4n) is 7.90. The van der Waals surface area contributed by atoms with Crippen molar-refractivity contribution in [2.24, 2.45) is 16.0 Å². The fraction of sp³-hybridized carbons (Fsp3) is 0.634. The van der Waals surface area contributed by atoms with E-state index < -0.39 is 42.9 Å². The maximum Gasteiger partial charge on any atom is 0.407 e. The number of rotatable bonds is 15. The number of piperidine rings is 2. The van der Waals surface area contributed by atoms with Crippen LogP contribution >= 0.6 is 24.8 Å². The Kier molecular flexibility index (Phi) is 20.7. The third-order valence-electron chi connectivity index (χ3n) is 10.9. The van der Waals surface area contributed by atoms with Crippen LogP contribution in [0.15, 0.2) is 46.7 Å². The lowest BCUT2D eigenvalue weighted by atomic mass is 9.82. The van der Waals surface area contributed by atoms with Gasteiger partial charge in [0, 0.05) is 113 Å². The number of amides is 1. The molecular weight excluding hydrogens is 932 g/mol. The number of hydrogen-bond donors (Lipinski definition) is 6. The minimum absolute atomic E-state index is 0. The summed E-state index contributed by atoms with van der Waals surface area (Å²) in [5.41, 5.74) is 7.02. The van der Waals surface area contributed by atoms with Gasteiger partial charge in [0.05, 0.1) is 50.4 Å². The van der Waals surface area contributed by atoms with E-state index in [4.69, 9.17) is 29.4 Å². The Morgan fingerprint density at radius 3 is 1.52 bits per heavy atom. The first-order valence-electron chi connectivity index (χ1n) is 21.0. The molecule has 0 saturated carbocycles.